The van der Waals surface area contributed by atoms with Crippen LogP contribution in [0.5, 0.6) is 0 Å². The molecule has 1 aliphatic rings. The Labute approximate surface area is 91.8 Å². The quantitative estimate of drug-likeness (QED) is 0.717. The lowest BCUT2D eigenvalue weighted by Gasteiger charge is -2.34. The van der Waals surface area contributed by atoms with E-state index in [1.54, 1.807) is 6.92 Å². The summed E-state index contributed by atoms with van der Waals surface area (Å²) in [6.45, 7) is 1.77. The van der Waals surface area contributed by atoms with Gasteiger partial charge in [0.15, 0.2) is 0 Å². The lowest BCUT2D eigenvalue weighted by molar-refractivity contribution is -0.156. The van der Waals surface area contributed by atoms with E-state index in [1.807, 2.05) is 0 Å². The predicted octanol–water partition coefficient (Wildman–Crippen LogP) is 2.27. The van der Waals surface area contributed by atoms with Gasteiger partial charge in [0, 0.05) is 0 Å². The van der Waals surface area contributed by atoms with Gasteiger partial charge in [-0.05, 0) is 19.8 Å². The summed E-state index contributed by atoms with van der Waals surface area (Å²) in [5, 5.41) is 10.4. The van der Waals surface area contributed by atoms with E-state index in [4.69, 9.17) is 4.74 Å². The van der Waals surface area contributed by atoms with Crippen molar-refractivity contribution in [1.29, 1.82) is 0 Å². The molecule has 1 N–H and O–H groups in total. The smallest absolute Gasteiger partial charge is 0.311 e. The summed E-state index contributed by atoms with van der Waals surface area (Å²) in [5.41, 5.74) is -0.840. The second-order valence-electron chi connectivity index (χ2n) is 4.62. The van der Waals surface area contributed by atoms with Crippen LogP contribution in [-0.2, 0) is 9.53 Å². The van der Waals surface area contributed by atoms with Crippen molar-refractivity contribution < 1.29 is 14.6 Å². The summed E-state index contributed by atoms with van der Waals surface area (Å²) >= 11 is 0. The molecule has 1 rings (SSSR count). The third-order valence-corrected chi connectivity index (χ3v) is 3.58. The average molecular weight is 214 g/mol. The number of hydrogen-bond donors (Lipinski definition) is 1. The molecule has 0 aromatic rings. The SMILES string of the molecule is COC(=O)C(C)C1(O)CCCCCCC1. The monoisotopic (exact) mass is 214 g/mol. The zero-order chi connectivity index (χ0) is 11.3. The maximum Gasteiger partial charge on any atom is 0.311 e. The highest BCUT2D eigenvalue weighted by molar-refractivity contribution is 5.73. The fourth-order valence-corrected chi connectivity index (χ4v) is 2.35. The number of methoxy groups -OCH3 is 1. The number of hydrogen-bond acceptors (Lipinski definition) is 3. The molecule has 15 heavy (non-hydrogen) atoms. The number of rotatable bonds is 2. The van der Waals surface area contributed by atoms with Gasteiger partial charge in [-0.2, -0.15) is 0 Å². The molecular weight excluding hydrogens is 192 g/mol. The first kappa shape index (κ1) is 12.5. The van der Waals surface area contributed by atoms with Gasteiger partial charge >= 0.3 is 5.97 Å². The molecule has 0 spiro atoms. The molecule has 0 aromatic carbocycles. The average Bonchev–Trinajstić information content (AvgIpc) is 2.21. The molecular formula is C12H22O3. The fraction of sp³-hybridized carbons (Fsp3) is 0.917. The van der Waals surface area contributed by atoms with Crippen LogP contribution in [0.25, 0.3) is 0 Å². The zero-order valence-electron chi connectivity index (χ0n) is 9.79. The van der Waals surface area contributed by atoms with E-state index in [9.17, 15) is 9.90 Å². The van der Waals surface area contributed by atoms with Crippen molar-refractivity contribution >= 4 is 5.97 Å². The molecule has 0 radical (unpaired) electrons. The van der Waals surface area contributed by atoms with Crippen LogP contribution in [0.3, 0.4) is 0 Å². The minimum Gasteiger partial charge on any atom is -0.469 e. The van der Waals surface area contributed by atoms with Crippen molar-refractivity contribution in [3.8, 4) is 0 Å². The zero-order valence-corrected chi connectivity index (χ0v) is 9.79. The topological polar surface area (TPSA) is 46.5 Å². The normalized spacial score (nSPS) is 23.7. The Morgan fingerprint density at radius 3 is 2.13 bits per heavy atom. The minimum absolute atomic E-state index is 0.293. The molecule has 1 unspecified atom stereocenters. The molecule has 0 bridgehead atoms. The van der Waals surface area contributed by atoms with Gasteiger partial charge in [-0.1, -0.05) is 32.1 Å². The summed E-state index contributed by atoms with van der Waals surface area (Å²) in [6.07, 6.45) is 7.05. The molecule has 88 valence electrons. The summed E-state index contributed by atoms with van der Waals surface area (Å²) in [4.78, 5) is 11.4. The van der Waals surface area contributed by atoms with Crippen LogP contribution in [0.2, 0.25) is 0 Å². The Morgan fingerprint density at radius 2 is 1.67 bits per heavy atom. The van der Waals surface area contributed by atoms with Gasteiger partial charge in [0.05, 0.1) is 18.6 Å². The van der Waals surface area contributed by atoms with E-state index in [-0.39, 0.29) is 5.97 Å². The second kappa shape index (κ2) is 5.50. The van der Waals surface area contributed by atoms with E-state index in [2.05, 4.69) is 0 Å². The molecule has 3 heteroatoms. The lowest BCUT2D eigenvalue weighted by atomic mass is 9.78. The molecule has 1 aliphatic carbocycles. The van der Waals surface area contributed by atoms with Crippen molar-refractivity contribution in [2.24, 2.45) is 5.92 Å². The van der Waals surface area contributed by atoms with Crippen LogP contribution in [0.1, 0.15) is 51.9 Å². The number of aliphatic hydroxyl groups is 1. The highest BCUT2D eigenvalue weighted by Crippen LogP contribution is 2.33. The minimum atomic E-state index is -0.840. The highest BCUT2D eigenvalue weighted by Gasteiger charge is 2.38. The summed E-state index contributed by atoms with van der Waals surface area (Å²) in [6, 6.07) is 0. The van der Waals surface area contributed by atoms with E-state index in [0.29, 0.717) is 0 Å². The molecule has 0 aromatic heterocycles. The third kappa shape index (κ3) is 3.20. The summed E-state index contributed by atoms with van der Waals surface area (Å²) in [5.74, 6) is -0.696. The fourth-order valence-electron chi connectivity index (χ4n) is 2.35. The third-order valence-electron chi connectivity index (χ3n) is 3.58. The van der Waals surface area contributed by atoms with Crippen LogP contribution in [0.4, 0.5) is 0 Å². The maximum absolute atomic E-state index is 11.4. The molecule has 0 heterocycles. The first-order valence-corrected chi connectivity index (χ1v) is 5.90. The number of esters is 1. The number of ether oxygens (including phenoxy) is 1. The second-order valence-corrected chi connectivity index (χ2v) is 4.62. The van der Waals surface area contributed by atoms with Gasteiger partial charge in [0.25, 0.3) is 0 Å². The number of carbonyl (C=O) groups is 1. The molecule has 0 saturated heterocycles. The van der Waals surface area contributed by atoms with Crippen LogP contribution in [-0.4, -0.2) is 23.8 Å². The summed E-state index contributed by atoms with van der Waals surface area (Å²) in [7, 11) is 1.38. The maximum atomic E-state index is 11.4. The molecule has 1 atom stereocenters. The van der Waals surface area contributed by atoms with Gasteiger partial charge in [0.2, 0.25) is 0 Å². The first-order chi connectivity index (χ1) is 7.10. The first-order valence-electron chi connectivity index (χ1n) is 5.90. The molecule has 3 nitrogen and oxygen atoms in total. The Balaban J connectivity index is 2.63. The Bertz CT molecular complexity index is 205. The van der Waals surface area contributed by atoms with E-state index < -0.39 is 11.5 Å². The Morgan fingerprint density at radius 1 is 1.20 bits per heavy atom. The standard InChI is InChI=1S/C12H22O3/c1-10(11(13)15-2)12(14)8-6-4-3-5-7-9-12/h10,14H,3-9H2,1-2H3. The summed E-state index contributed by atoms with van der Waals surface area (Å²) < 4.78 is 4.70. The van der Waals surface area contributed by atoms with E-state index >= 15 is 0 Å². The van der Waals surface area contributed by atoms with Crippen LogP contribution >= 0.6 is 0 Å². The van der Waals surface area contributed by atoms with Crippen molar-refractivity contribution in [2.45, 2.75) is 57.5 Å². The molecule has 1 fully saturated rings. The van der Waals surface area contributed by atoms with E-state index in [1.165, 1.54) is 13.5 Å². The van der Waals surface area contributed by atoms with Crippen LogP contribution in [0.15, 0.2) is 0 Å². The van der Waals surface area contributed by atoms with Crippen LogP contribution in [0, 0.1) is 5.92 Å². The Hall–Kier alpha value is -0.570. The van der Waals surface area contributed by atoms with Crippen molar-refractivity contribution in [3.63, 3.8) is 0 Å². The molecule has 0 amide bonds. The lowest BCUT2D eigenvalue weighted by Crippen LogP contribution is -2.41. The molecule has 1 saturated carbocycles. The number of carbonyl (C=O) groups excluding carboxylic acids is 1. The van der Waals surface area contributed by atoms with Crippen molar-refractivity contribution in [3.05, 3.63) is 0 Å². The molecule has 0 aliphatic heterocycles. The Kier molecular flexibility index (Phi) is 4.58. The van der Waals surface area contributed by atoms with Crippen molar-refractivity contribution in [2.75, 3.05) is 7.11 Å². The highest BCUT2D eigenvalue weighted by atomic mass is 16.5. The van der Waals surface area contributed by atoms with Crippen molar-refractivity contribution in [1.82, 2.24) is 0 Å². The largest absolute Gasteiger partial charge is 0.469 e. The van der Waals surface area contributed by atoms with Gasteiger partial charge in [-0.15, -0.1) is 0 Å². The predicted molar refractivity (Wildman–Crippen MR) is 58.4 cm³/mol. The van der Waals surface area contributed by atoms with Gasteiger partial charge in [-0.3, -0.25) is 4.79 Å². The van der Waals surface area contributed by atoms with E-state index in [0.717, 1.165) is 38.5 Å². The van der Waals surface area contributed by atoms with Gasteiger partial charge < -0.3 is 9.84 Å². The van der Waals surface area contributed by atoms with Gasteiger partial charge in [0.1, 0.15) is 0 Å². The van der Waals surface area contributed by atoms with Crippen LogP contribution < -0.4 is 0 Å². The van der Waals surface area contributed by atoms with Gasteiger partial charge in [-0.25, -0.2) is 0 Å².